The molecule has 1 aromatic carbocycles. The number of pyridine rings is 1. The van der Waals surface area contributed by atoms with E-state index in [2.05, 4.69) is 22.1 Å². The summed E-state index contributed by atoms with van der Waals surface area (Å²) in [5, 5.41) is 12.6. The minimum absolute atomic E-state index is 0.105. The number of ether oxygens (including phenoxy) is 1. The fourth-order valence-electron chi connectivity index (χ4n) is 3.35. The summed E-state index contributed by atoms with van der Waals surface area (Å²) in [4.78, 5) is 30.3. The van der Waals surface area contributed by atoms with Crippen LogP contribution in [0.1, 0.15) is 44.9 Å². The van der Waals surface area contributed by atoms with Crippen LogP contribution in [0.25, 0.3) is 0 Å². The molecular formula is C24H27N3O4. The van der Waals surface area contributed by atoms with Crippen molar-refractivity contribution < 1.29 is 19.4 Å². The molecule has 31 heavy (non-hydrogen) atoms. The standard InChI is InChI=1S/C24H27N3O4/c1-24(2,3)27(23(29)30)21-12-11-20(26-22(28)18-13-15-31-16-14-18)19(25-21)10-9-17-7-5-4-6-8-17/h4-8,11-12,18H,13-16H2,1-3H3,(H,26,28)(H,29,30). The Balaban J connectivity index is 1.98. The molecule has 2 N–H and O–H groups in total. The van der Waals surface area contributed by atoms with Gasteiger partial charge in [-0.05, 0) is 63.8 Å². The zero-order valence-electron chi connectivity index (χ0n) is 18.0. The molecule has 1 aliphatic rings. The molecule has 2 amide bonds. The molecular weight excluding hydrogens is 394 g/mol. The summed E-state index contributed by atoms with van der Waals surface area (Å²) >= 11 is 0. The van der Waals surface area contributed by atoms with Crippen LogP contribution in [-0.4, -0.2) is 40.8 Å². The van der Waals surface area contributed by atoms with Crippen LogP contribution in [0.4, 0.5) is 16.3 Å². The van der Waals surface area contributed by atoms with Crippen LogP contribution in [0.3, 0.4) is 0 Å². The summed E-state index contributed by atoms with van der Waals surface area (Å²) in [6.07, 6.45) is 0.222. The minimum Gasteiger partial charge on any atom is -0.465 e. The lowest BCUT2D eigenvalue weighted by molar-refractivity contribution is -0.122. The van der Waals surface area contributed by atoms with Crippen LogP contribution in [-0.2, 0) is 9.53 Å². The van der Waals surface area contributed by atoms with Crippen molar-refractivity contribution in [2.24, 2.45) is 5.92 Å². The fraction of sp³-hybridized carbons (Fsp3) is 0.375. The third kappa shape index (κ3) is 5.83. The number of aromatic nitrogens is 1. The highest BCUT2D eigenvalue weighted by Crippen LogP contribution is 2.26. The number of carbonyl (C=O) groups excluding carboxylic acids is 1. The average molecular weight is 421 g/mol. The maximum atomic E-state index is 12.7. The van der Waals surface area contributed by atoms with E-state index < -0.39 is 11.6 Å². The first-order chi connectivity index (χ1) is 14.8. The first-order valence-corrected chi connectivity index (χ1v) is 10.3. The Morgan fingerprint density at radius 1 is 1.10 bits per heavy atom. The molecule has 0 atom stereocenters. The van der Waals surface area contributed by atoms with Gasteiger partial charge in [0.2, 0.25) is 5.91 Å². The molecule has 0 unspecified atom stereocenters. The van der Waals surface area contributed by atoms with Gasteiger partial charge in [-0.1, -0.05) is 24.1 Å². The Kier molecular flexibility index (Phi) is 6.93. The highest BCUT2D eigenvalue weighted by atomic mass is 16.5. The highest BCUT2D eigenvalue weighted by Gasteiger charge is 2.30. The second-order valence-corrected chi connectivity index (χ2v) is 8.35. The van der Waals surface area contributed by atoms with E-state index in [1.807, 2.05) is 30.3 Å². The summed E-state index contributed by atoms with van der Waals surface area (Å²) in [6, 6.07) is 12.7. The van der Waals surface area contributed by atoms with Crippen molar-refractivity contribution in [2.45, 2.75) is 39.2 Å². The molecule has 0 bridgehead atoms. The smallest absolute Gasteiger partial charge is 0.413 e. The van der Waals surface area contributed by atoms with E-state index in [1.165, 1.54) is 4.90 Å². The van der Waals surface area contributed by atoms with Crippen molar-refractivity contribution in [3.63, 3.8) is 0 Å². The molecule has 1 aromatic heterocycles. The molecule has 7 nitrogen and oxygen atoms in total. The number of benzene rings is 1. The Hall–Kier alpha value is -3.37. The summed E-state index contributed by atoms with van der Waals surface area (Å²) in [5.41, 5.74) is 0.873. The maximum absolute atomic E-state index is 12.7. The summed E-state index contributed by atoms with van der Waals surface area (Å²) < 4.78 is 5.33. The van der Waals surface area contributed by atoms with Gasteiger partial charge in [0.15, 0.2) is 0 Å². The third-order valence-corrected chi connectivity index (χ3v) is 4.92. The predicted octanol–water partition coefficient (Wildman–Crippen LogP) is 4.13. The van der Waals surface area contributed by atoms with Gasteiger partial charge in [0.1, 0.15) is 11.5 Å². The number of carbonyl (C=O) groups is 2. The lowest BCUT2D eigenvalue weighted by Gasteiger charge is -2.32. The topological polar surface area (TPSA) is 91.8 Å². The van der Waals surface area contributed by atoms with Gasteiger partial charge in [0, 0.05) is 30.2 Å². The van der Waals surface area contributed by atoms with Crippen molar-refractivity contribution in [1.82, 2.24) is 4.98 Å². The van der Waals surface area contributed by atoms with Crippen LogP contribution >= 0.6 is 0 Å². The molecule has 162 valence electrons. The van der Waals surface area contributed by atoms with Gasteiger partial charge in [0.25, 0.3) is 0 Å². The minimum atomic E-state index is -1.11. The number of carboxylic acid groups (broad SMARTS) is 1. The van der Waals surface area contributed by atoms with Crippen LogP contribution in [0, 0.1) is 17.8 Å². The van der Waals surface area contributed by atoms with Gasteiger partial charge < -0.3 is 15.2 Å². The molecule has 7 heteroatoms. The molecule has 0 radical (unpaired) electrons. The molecule has 0 aliphatic carbocycles. The van der Waals surface area contributed by atoms with E-state index in [1.54, 1.807) is 32.9 Å². The second kappa shape index (κ2) is 9.63. The SMILES string of the molecule is CC(C)(C)N(C(=O)O)c1ccc(NC(=O)C2CCOCC2)c(C#Cc2ccccc2)n1. The van der Waals surface area contributed by atoms with Gasteiger partial charge in [-0.3, -0.25) is 9.69 Å². The lowest BCUT2D eigenvalue weighted by atomic mass is 9.99. The Morgan fingerprint density at radius 3 is 2.39 bits per heavy atom. The Morgan fingerprint density at radius 2 is 1.77 bits per heavy atom. The van der Waals surface area contributed by atoms with Crippen molar-refractivity contribution in [3.8, 4) is 11.8 Å². The van der Waals surface area contributed by atoms with Gasteiger partial charge in [-0.15, -0.1) is 0 Å². The normalized spacial score (nSPS) is 14.3. The van der Waals surface area contributed by atoms with Gasteiger partial charge >= 0.3 is 6.09 Å². The Labute approximate surface area is 182 Å². The first kappa shape index (κ1) is 22.3. The zero-order valence-corrected chi connectivity index (χ0v) is 18.0. The van der Waals surface area contributed by atoms with Crippen LogP contribution in [0.15, 0.2) is 42.5 Å². The second-order valence-electron chi connectivity index (χ2n) is 8.35. The lowest BCUT2D eigenvalue weighted by Crippen LogP contribution is -2.45. The average Bonchev–Trinajstić information content (AvgIpc) is 2.73. The first-order valence-electron chi connectivity index (χ1n) is 10.3. The number of hydrogen-bond donors (Lipinski definition) is 2. The van der Waals surface area contributed by atoms with E-state index in [-0.39, 0.29) is 17.6 Å². The zero-order chi connectivity index (χ0) is 22.4. The summed E-state index contributed by atoms with van der Waals surface area (Å²) in [5.74, 6) is 6.06. The molecule has 1 aliphatic heterocycles. The number of nitrogens with zero attached hydrogens (tertiary/aromatic N) is 2. The summed E-state index contributed by atoms with van der Waals surface area (Å²) in [7, 11) is 0. The molecule has 1 saturated heterocycles. The van der Waals surface area contributed by atoms with Crippen molar-refractivity contribution in [2.75, 3.05) is 23.4 Å². The number of nitrogens with one attached hydrogen (secondary N) is 1. The number of anilines is 2. The van der Waals surface area contributed by atoms with Gasteiger partial charge in [0.05, 0.1) is 5.69 Å². The molecule has 3 rings (SSSR count). The van der Waals surface area contributed by atoms with Crippen LogP contribution in [0.5, 0.6) is 0 Å². The van der Waals surface area contributed by atoms with Crippen molar-refractivity contribution in [1.29, 1.82) is 0 Å². The fourth-order valence-corrected chi connectivity index (χ4v) is 3.35. The highest BCUT2D eigenvalue weighted by molar-refractivity contribution is 5.94. The van der Waals surface area contributed by atoms with E-state index in [9.17, 15) is 14.7 Å². The predicted molar refractivity (Wildman–Crippen MR) is 119 cm³/mol. The monoisotopic (exact) mass is 421 g/mol. The number of rotatable bonds is 3. The maximum Gasteiger partial charge on any atom is 0.413 e. The number of amides is 2. The van der Waals surface area contributed by atoms with Crippen LogP contribution < -0.4 is 10.2 Å². The van der Waals surface area contributed by atoms with Gasteiger partial charge in [-0.2, -0.15) is 0 Å². The van der Waals surface area contributed by atoms with Crippen molar-refractivity contribution >= 4 is 23.5 Å². The molecule has 1 fully saturated rings. The van der Waals surface area contributed by atoms with Crippen molar-refractivity contribution in [3.05, 3.63) is 53.7 Å². The van der Waals surface area contributed by atoms with E-state index in [0.29, 0.717) is 37.4 Å². The van der Waals surface area contributed by atoms with E-state index >= 15 is 0 Å². The summed E-state index contributed by atoms with van der Waals surface area (Å²) in [6.45, 7) is 6.50. The Bertz CT molecular complexity index is 997. The molecule has 0 spiro atoms. The van der Waals surface area contributed by atoms with Gasteiger partial charge in [-0.25, -0.2) is 9.78 Å². The molecule has 2 aromatic rings. The van der Waals surface area contributed by atoms with Crippen LogP contribution in [0.2, 0.25) is 0 Å². The van der Waals surface area contributed by atoms with E-state index in [4.69, 9.17) is 4.74 Å². The number of hydrogen-bond acceptors (Lipinski definition) is 4. The van der Waals surface area contributed by atoms with E-state index in [0.717, 1.165) is 5.56 Å². The third-order valence-electron chi connectivity index (χ3n) is 4.92. The molecule has 0 saturated carbocycles. The molecule has 2 heterocycles. The quantitative estimate of drug-likeness (QED) is 0.727. The largest absolute Gasteiger partial charge is 0.465 e.